The second kappa shape index (κ2) is 9.11. The van der Waals surface area contributed by atoms with E-state index in [1.54, 1.807) is 47.4 Å². The van der Waals surface area contributed by atoms with Crippen LogP contribution in [0.25, 0.3) is 5.76 Å². The lowest BCUT2D eigenvalue weighted by Gasteiger charge is -2.36. The topological polar surface area (TPSA) is 90.4 Å². The molecule has 2 fully saturated rings. The number of fused-ring (bicyclic) bond motifs is 2. The quantitative estimate of drug-likeness (QED) is 0.389. The Morgan fingerprint density at radius 3 is 2.40 bits per heavy atom. The number of likely N-dealkylation sites (N-methyl/N-ethyl adjacent to an activating group) is 1. The fourth-order valence-corrected chi connectivity index (χ4v) is 5.42. The molecule has 9 heteroatoms. The van der Waals surface area contributed by atoms with E-state index in [4.69, 9.17) is 16.3 Å². The first-order valence-corrected chi connectivity index (χ1v) is 12.1. The molecule has 3 heterocycles. The summed E-state index contributed by atoms with van der Waals surface area (Å²) in [6.45, 7) is 5.40. The van der Waals surface area contributed by atoms with Crippen LogP contribution in [0, 0.1) is 0 Å². The van der Waals surface area contributed by atoms with Crippen LogP contribution in [-0.4, -0.2) is 78.4 Å². The van der Waals surface area contributed by atoms with E-state index >= 15 is 0 Å². The predicted octanol–water partition coefficient (Wildman–Crippen LogP) is 2.61. The van der Waals surface area contributed by atoms with Crippen LogP contribution in [0.4, 0.5) is 5.69 Å². The van der Waals surface area contributed by atoms with Crippen LogP contribution in [0.2, 0.25) is 5.02 Å². The van der Waals surface area contributed by atoms with Crippen molar-refractivity contribution >= 4 is 40.6 Å². The molecule has 8 nitrogen and oxygen atoms in total. The molecule has 2 saturated heterocycles. The van der Waals surface area contributed by atoms with Crippen molar-refractivity contribution in [3.8, 4) is 0 Å². The molecule has 3 aliphatic heterocycles. The number of amides is 2. The summed E-state index contributed by atoms with van der Waals surface area (Å²) in [6.07, 6.45) is 0. The van der Waals surface area contributed by atoms with Gasteiger partial charge in [0, 0.05) is 48.9 Å². The van der Waals surface area contributed by atoms with Gasteiger partial charge in [0.25, 0.3) is 17.6 Å². The monoisotopic (exact) mass is 495 g/mol. The second-order valence-electron chi connectivity index (χ2n) is 8.75. The van der Waals surface area contributed by atoms with Gasteiger partial charge in [-0.3, -0.25) is 19.3 Å². The van der Waals surface area contributed by atoms with E-state index in [0.717, 1.165) is 0 Å². The second-order valence-corrected chi connectivity index (χ2v) is 9.18. The lowest BCUT2D eigenvalue weighted by Crippen LogP contribution is -2.54. The van der Waals surface area contributed by atoms with Crippen molar-refractivity contribution in [2.45, 2.75) is 12.5 Å². The van der Waals surface area contributed by atoms with Crippen molar-refractivity contribution in [3.05, 3.63) is 70.3 Å². The third-order valence-corrected chi connectivity index (χ3v) is 7.24. The Hall–Kier alpha value is -3.20. The Labute approximate surface area is 208 Å². The van der Waals surface area contributed by atoms with Crippen molar-refractivity contribution in [2.24, 2.45) is 0 Å². The lowest BCUT2D eigenvalue weighted by atomic mass is 9.82. The summed E-state index contributed by atoms with van der Waals surface area (Å²) in [5.41, 5.74) is -0.499. The Balaban J connectivity index is 1.70. The summed E-state index contributed by atoms with van der Waals surface area (Å²) in [6, 6.07) is 13.4. The number of benzene rings is 2. The maximum Gasteiger partial charge on any atom is 0.296 e. The van der Waals surface area contributed by atoms with Gasteiger partial charge in [0.1, 0.15) is 5.76 Å². The van der Waals surface area contributed by atoms with Gasteiger partial charge in [-0.05, 0) is 37.3 Å². The molecule has 0 aromatic heterocycles. The van der Waals surface area contributed by atoms with Crippen LogP contribution in [0.3, 0.4) is 0 Å². The number of aliphatic hydroxyl groups excluding tert-OH is 1. The molecule has 0 unspecified atom stereocenters. The molecular formula is C26H26ClN3O5. The van der Waals surface area contributed by atoms with Crippen LogP contribution in [0.5, 0.6) is 0 Å². The van der Waals surface area contributed by atoms with E-state index in [9.17, 15) is 19.5 Å². The number of halogens is 1. The molecule has 5 rings (SSSR count). The van der Waals surface area contributed by atoms with Crippen LogP contribution in [-0.2, 0) is 24.7 Å². The minimum absolute atomic E-state index is 0.152. The normalized spacial score (nSPS) is 24.0. The first-order valence-electron chi connectivity index (χ1n) is 11.7. The van der Waals surface area contributed by atoms with Crippen molar-refractivity contribution < 1.29 is 24.2 Å². The number of nitrogens with zero attached hydrogens (tertiary/aromatic N) is 3. The Bertz CT molecular complexity index is 1220. The highest BCUT2D eigenvalue weighted by Gasteiger charge is 2.66. The van der Waals surface area contributed by atoms with Gasteiger partial charge in [0.05, 0.1) is 24.5 Å². The Morgan fingerprint density at radius 2 is 1.71 bits per heavy atom. The molecule has 2 aromatic carbocycles. The number of carbonyl (C=O) groups is 3. The molecule has 0 saturated carbocycles. The minimum Gasteiger partial charge on any atom is -0.507 e. The first-order chi connectivity index (χ1) is 16.9. The number of ether oxygens (including phenoxy) is 1. The number of carbonyl (C=O) groups excluding carboxylic acids is 3. The van der Waals surface area contributed by atoms with Crippen LogP contribution in [0.1, 0.15) is 18.1 Å². The SMILES string of the molecule is CCN1C(=O)[C@@]2(C(=C(O)c3ccc(Cl)cc3)C(=O)C(=O)N2CCN2CCOCC2)c2ccccc21. The number of aliphatic hydroxyl groups is 1. The zero-order valence-corrected chi connectivity index (χ0v) is 20.1. The average molecular weight is 496 g/mol. The maximum atomic E-state index is 14.2. The highest BCUT2D eigenvalue weighted by atomic mass is 35.5. The minimum atomic E-state index is -1.74. The summed E-state index contributed by atoms with van der Waals surface area (Å²) in [5, 5.41) is 11.9. The molecule has 182 valence electrons. The summed E-state index contributed by atoms with van der Waals surface area (Å²) < 4.78 is 5.41. The van der Waals surface area contributed by atoms with Crippen molar-refractivity contribution in [2.75, 3.05) is 50.8 Å². The van der Waals surface area contributed by atoms with E-state index < -0.39 is 28.9 Å². The van der Waals surface area contributed by atoms with Crippen molar-refractivity contribution in [1.29, 1.82) is 0 Å². The van der Waals surface area contributed by atoms with Gasteiger partial charge in [-0.15, -0.1) is 0 Å². The summed E-state index contributed by atoms with van der Waals surface area (Å²) >= 11 is 6.01. The van der Waals surface area contributed by atoms with Gasteiger partial charge in [0.2, 0.25) is 0 Å². The number of hydrogen-bond donors (Lipinski definition) is 1. The molecule has 0 aliphatic carbocycles. The summed E-state index contributed by atoms with van der Waals surface area (Å²) in [7, 11) is 0. The lowest BCUT2D eigenvalue weighted by molar-refractivity contribution is -0.144. The Morgan fingerprint density at radius 1 is 1.03 bits per heavy atom. The smallest absolute Gasteiger partial charge is 0.296 e. The highest BCUT2D eigenvalue weighted by molar-refractivity contribution is 6.50. The van der Waals surface area contributed by atoms with E-state index in [2.05, 4.69) is 4.90 Å². The molecule has 35 heavy (non-hydrogen) atoms. The third kappa shape index (κ3) is 3.55. The fraction of sp³-hybridized carbons (Fsp3) is 0.346. The number of likely N-dealkylation sites (tertiary alicyclic amines) is 1. The van der Waals surface area contributed by atoms with Gasteiger partial charge in [-0.2, -0.15) is 0 Å². The van der Waals surface area contributed by atoms with E-state index in [0.29, 0.717) is 61.2 Å². The average Bonchev–Trinajstić information content (AvgIpc) is 3.26. The van der Waals surface area contributed by atoms with Crippen molar-refractivity contribution in [3.63, 3.8) is 0 Å². The number of morpholine rings is 1. The molecule has 0 radical (unpaired) electrons. The molecule has 0 bridgehead atoms. The number of ketones is 1. The van der Waals surface area contributed by atoms with Crippen molar-refractivity contribution in [1.82, 2.24) is 9.80 Å². The molecule has 2 aromatic rings. The van der Waals surface area contributed by atoms with E-state index in [-0.39, 0.29) is 12.1 Å². The largest absolute Gasteiger partial charge is 0.507 e. The van der Waals surface area contributed by atoms with Crippen LogP contribution < -0.4 is 4.90 Å². The molecule has 1 spiro atoms. The van der Waals surface area contributed by atoms with Gasteiger partial charge in [0.15, 0.2) is 5.54 Å². The predicted molar refractivity (Wildman–Crippen MR) is 131 cm³/mol. The molecule has 3 aliphatic rings. The highest BCUT2D eigenvalue weighted by Crippen LogP contribution is 2.53. The molecule has 1 atom stereocenters. The number of para-hydroxylation sites is 1. The molecule has 2 amide bonds. The van der Waals surface area contributed by atoms with E-state index in [1.165, 1.54) is 4.90 Å². The molecule has 1 N–H and O–H groups in total. The fourth-order valence-electron chi connectivity index (χ4n) is 5.30. The first kappa shape index (κ1) is 23.5. The Kier molecular flexibility index (Phi) is 6.13. The zero-order chi connectivity index (χ0) is 24.7. The van der Waals surface area contributed by atoms with Gasteiger partial charge >= 0.3 is 0 Å². The standard InChI is InChI=1S/C26H26ClN3O5/c1-2-29-20-6-4-3-5-19(20)26(25(29)34)21(22(31)17-7-9-18(27)10-8-17)23(32)24(33)30(26)12-11-28-13-15-35-16-14-28/h3-10,31H,2,11-16H2,1H3/t26-/m0/s1. The number of rotatable bonds is 5. The maximum absolute atomic E-state index is 14.2. The summed E-state index contributed by atoms with van der Waals surface area (Å²) in [5.74, 6) is -2.48. The number of anilines is 1. The van der Waals surface area contributed by atoms with Gasteiger partial charge in [-0.1, -0.05) is 29.8 Å². The van der Waals surface area contributed by atoms with Gasteiger partial charge < -0.3 is 19.6 Å². The number of Topliss-reactive ketones (excluding diaryl/α,β-unsaturated/α-hetero) is 1. The van der Waals surface area contributed by atoms with E-state index in [1.807, 2.05) is 13.0 Å². The third-order valence-electron chi connectivity index (χ3n) is 6.99. The summed E-state index contributed by atoms with van der Waals surface area (Å²) in [4.78, 5) is 46.2. The van der Waals surface area contributed by atoms with Crippen LogP contribution in [0.15, 0.2) is 54.1 Å². The molecular weight excluding hydrogens is 470 g/mol. The number of hydrogen-bond acceptors (Lipinski definition) is 6. The van der Waals surface area contributed by atoms with Crippen LogP contribution >= 0.6 is 11.6 Å². The van der Waals surface area contributed by atoms with Gasteiger partial charge in [-0.25, -0.2) is 0 Å². The zero-order valence-electron chi connectivity index (χ0n) is 19.4.